The van der Waals surface area contributed by atoms with Gasteiger partial charge in [-0.15, -0.1) is 22.7 Å². The van der Waals surface area contributed by atoms with Gasteiger partial charge in [-0.05, 0) is 40.2 Å². The Bertz CT molecular complexity index is 1440. The molecule has 34 heavy (non-hydrogen) atoms. The highest BCUT2D eigenvalue weighted by Gasteiger charge is 2.40. The third-order valence-electron chi connectivity index (χ3n) is 6.44. The Labute approximate surface area is 215 Å². The van der Waals surface area contributed by atoms with Gasteiger partial charge in [-0.25, -0.2) is 0 Å². The van der Waals surface area contributed by atoms with Crippen LogP contribution in [0.4, 0.5) is 0 Å². The summed E-state index contributed by atoms with van der Waals surface area (Å²) < 4.78 is 9.21. The summed E-state index contributed by atoms with van der Waals surface area (Å²) in [5, 5.41) is 0. The highest BCUT2D eigenvalue weighted by Crippen LogP contribution is 2.56. The quantitative estimate of drug-likeness (QED) is 0.277. The molecule has 0 radical (unpaired) electrons. The fourth-order valence-corrected chi connectivity index (χ4v) is 7.69. The highest BCUT2D eigenvalue weighted by atomic mass is 32.1. The van der Waals surface area contributed by atoms with Crippen molar-refractivity contribution in [2.75, 3.05) is 0 Å². The van der Waals surface area contributed by atoms with Gasteiger partial charge in [0, 0.05) is 36.1 Å². The van der Waals surface area contributed by atoms with E-state index in [4.69, 9.17) is 0 Å². The molecule has 1 aromatic carbocycles. The number of hydrogen-bond donors (Lipinski definition) is 0. The third kappa shape index (κ3) is 4.12. The molecule has 0 fully saturated rings. The largest absolute Gasteiger partial charge is 0.172 e. The Balaban J connectivity index is 1.49. The van der Waals surface area contributed by atoms with E-state index in [0.29, 0.717) is 0 Å². The molecule has 1 aliphatic carbocycles. The Hall–Kier alpha value is -2.08. The topological polar surface area (TPSA) is 25.8 Å². The molecule has 4 aromatic rings. The van der Waals surface area contributed by atoms with Crippen LogP contribution < -0.4 is 0 Å². The third-order valence-corrected chi connectivity index (χ3v) is 9.80. The van der Waals surface area contributed by atoms with Gasteiger partial charge in [0.1, 0.15) is 11.0 Å². The molecule has 1 aliphatic rings. The maximum Gasteiger partial charge on any atom is 0.112 e. The summed E-state index contributed by atoms with van der Waals surface area (Å²) in [7, 11) is 0. The van der Waals surface area contributed by atoms with Crippen molar-refractivity contribution in [2.24, 2.45) is 5.41 Å². The van der Waals surface area contributed by atoms with Crippen molar-refractivity contribution >= 4 is 63.7 Å². The van der Waals surface area contributed by atoms with Crippen LogP contribution in [0.3, 0.4) is 0 Å². The number of allylic oxidation sites excluding steroid dienone is 1. The summed E-state index contributed by atoms with van der Waals surface area (Å²) in [5.74, 6) is 0. The van der Waals surface area contributed by atoms with Crippen molar-refractivity contribution in [1.82, 2.24) is 8.75 Å². The fourth-order valence-electron chi connectivity index (χ4n) is 4.35. The van der Waals surface area contributed by atoms with Crippen LogP contribution in [-0.2, 0) is 10.8 Å². The Morgan fingerprint density at radius 2 is 1.35 bits per heavy atom. The maximum atomic E-state index is 4.62. The standard InChI is InChI=1S/C29H32N2S3/c1-27(2,3)14-13-18-10-9-17(23-24(18)31-34-30-23)11-12-19-15-20-25(32-19)26-21(29(20,7)8)16-22(33-26)28(4,5)6/h9-16H,1-8H3. The predicted octanol–water partition coefficient (Wildman–Crippen LogP) is 9.65. The highest BCUT2D eigenvalue weighted by molar-refractivity contribution is 7.23. The van der Waals surface area contributed by atoms with Crippen LogP contribution in [-0.4, -0.2) is 8.75 Å². The molecule has 3 aromatic heterocycles. The SMILES string of the molecule is CC(C)(C)C=Cc1ccc(C=Cc2cc3c(s2)-c2sc(C(C)(C)C)cc2C3(C)C)c2nsnc12. The number of rotatable bonds is 3. The van der Waals surface area contributed by atoms with Crippen LogP contribution in [0.2, 0.25) is 0 Å². The van der Waals surface area contributed by atoms with E-state index in [2.05, 4.69) is 113 Å². The zero-order valence-corrected chi connectivity index (χ0v) is 23.7. The van der Waals surface area contributed by atoms with Crippen molar-refractivity contribution in [1.29, 1.82) is 0 Å². The van der Waals surface area contributed by atoms with Crippen molar-refractivity contribution in [3.05, 3.63) is 62.3 Å². The van der Waals surface area contributed by atoms with Crippen LogP contribution in [0.5, 0.6) is 0 Å². The normalized spacial score (nSPS) is 15.6. The Morgan fingerprint density at radius 3 is 1.97 bits per heavy atom. The van der Waals surface area contributed by atoms with Gasteiger partial charge in [0.2, 0.25) is 0 Å². The summed E-state index contributed by atoms with van der Waals surface area (Å²) in [6.07, 6.45) is 8.85. The molecular weight excluding hydrogens is 473 g/mol. The zero-order valence-electron chi connectivity index (χ0n) is 21.2. The Kier molecular flexibility index (Phi) is 5.55. The fraction of sp³-hybridized carbons (Fsp3) is 0.379. The predicted molar refractivity (Wildman–Crippen MR) is 153 cm³/mol. The lowest BCUT2D eigenvalue weighted by Gasteiger charge is -2.20. The molecule has 0 amide bonds. The van der Waals surface area contributed by atoms with Crippen LogP contribution in [0.1, 0.15) is 87.4 Å². The van der Waals surface area contributed by atoms with E-state index in [-0.39, 0.29) is 16.2 Å². The van der Waals surface area contributed by atoms with E-state index in [1.54, 1.807) is 0 Å². The molecule has 3 heterocycles. The van der Waals surface area contributed by atoms with Crippen molar-refractivity contribution in [3.63, 3.8) is 0 Å². The minimum atomic E-state index is 0.0559. The van der Waals surface area contributed by atoms with Crippen LogP contribution in [0, 0.1) is 5.41 Å². The second-order valence-corrected chi connectivity index (χ2v) is 14.5. The number of aromatic nitrogens is 2. The lowest BCUT2D eigenvalue weighted by atomic mass is 9.82. The lowest BCUT2D eigenvalue weighted by molar-refractivity contribution is 0.547. The monoisotopic (exact) mass is 504 g/mol. The van der Waals surface area contributed by atoms with E-state index in [1.807, 2.05) is 22.7 Å². The molecule has 0 bridgehead atoms. The number of thiophene rings is 2. The van der Waals surface area contributed by atoms with Crippen LogP contribution in [0.15, 0.2) is 30.3 Å². The first kappa shape index (κ1) is 23.7. The first-order valence-corrected chi connectivity index (χ1v) is 14.1. The molecule has 0 saturated carbocycles. The number of nitrogens with zero attached hydrogens (tertiary/aromatic N) is 2. The van der Waals surface area contributed by atoms with Crippen molar-refractivity contribution in [3.8, 4) is 9.75 Å². The van der Waals surface area contributed by atoms with Gasteiger partial charge in [-0.1, -0.05) is 85.8 Å². The first-order valence-electron chi connectivity index (χ1n) is 11.8. The van der Waals surface area contributed by atoms with Crippen LogP contribution >= 0.6 is 34.4 Å². The van der Waals surface area contributed by atoms with Gasteiger partial charge in [0.05, 0.1) is 11.7 Å². The second-order valence-electron chi connectivity index (χ2n) is 11.9. The summed E-state index contributed by atoms with van der Waals surface area (Å²) >= 11 is 5.17. The molecule has 0 atom stereocenters. The molecule has 0 spiro atoms. The molecule has 0 N–H and O–H groups in total. The molecular formula is C29H32N2S3. The minimum absolute atomic E-state index is 0.0559. The molecule has 5 heteroatoms. The van der Waals surface area contributed by atoms with Gasteiger partial charge in [0.15, 0.2) is 0 Å². The van der Waals surface area contributed by atoms with Gasteiger partial charge in [0.25, 0.3) is 0 Å². The Morgan fingerprint density at radius 1 is 0.765 bits per heavy atom. The van der Waals surface area contributed by atoms with E-state index >= 15 is 0 Å². The van der Waals surface area contributed by atoms with E-state index in [9.17, 15) is 0 Å². The minimum Gasteiger partial charge on any atom is -0.172 e. The average Bonchev–Trinajstić information content (AvgIpc) is 3.49. The van der Waals surface area contributed by atoms with Crippen molar-refractivity contribution < 1.29 is 0 Å². The molecule has 0 unspecified atom stereocenters. The molecule has 5 rings (SSSR count). The summed E-state index contributed by atoms with van der Waals surface area (Å²) in [4.78, 5) is 5.68. The van der Waals surface area contributed by atoms with E-state index in [1.165, 1.54) is 42.4 Å². The molecule has 176 valence electrons. The van der Waals surface area contributed by atoms with E-state index in [0.717, 1.165) is 22.2 Å². The van der Waals surface area contributed by atoms with Gasteiger partial charge < -0.3 is 0 Å². The lowest BCUT2D eigenvalue weighted by Crippen LogP contribution is -2.15. The molecule has 0 saturated heterocycles. The molecule has 0 aliphatic heterocycles. The number of benzene rings is 1. The summed E-state index contributed by atoms with van der Waals surface area (Å²) in [6.45, 7) is 18.3. The van der Waals surface area contributed by atoms with E-state index < -0.39 is 0 Å². The summed E-state index contributed by atoms with van der Waals surface area (Å²) in [5.41, 5.74) is 7.56. The van der Waals surface area contributed by atoms with Crippen molar-refractivity contribution in [2.45, 2.75) is 66.2 Å². The maximum absolute atomic E-state index is 4.62. The molecule has 2 nitrogen and oxygen atoms in total. The van der Waals surface area contributed by atoms with Gasteiger partial charge >= 0.3 is 0 Å². The number of fused-ring (bicyclic) bond motifs is 4. The van der Waals surface area contributed by atoms with Gasteiger partial charge in [-0.2, -0.15) is 8.75 Å². The average molecular weight is 505 g/mol. The smallest absolute Gasteiger partial charge is 0.112 e. The second kappa shape index (κ2) is 7.97. The van der Waals surface area contributed by atoms with Gasteiger partial charge in [-0.3, -0.25) is 0 Å². The summed E-state index contributed by atoms with van der Waals surface area (Å²) in [6, 6.07) is 9.16. The zero-order chi connectivity index (χ0) is 24.5. The first-order chi connectivity index (χ1) is 15.8. The number of hydrogen-bond acceptors (Lipinski definition) is 5. The van der Waals surface area contributed by atoms with Crippen LogP contribution in [0.25, 0.3) is 39.0 Å².